The highest BCUT2D eigenvalue weighted by molar-refractivity contribution is 5.98. The summed E-state index contributed by atoms with van der Waals surface area (Å²) in [4.78, 5) is 36.8. The predicted octanol–water partition coefficient (Wildman–Crippen LogP) is 3.45. The van der Waals surface area contributed by atoms with E-state index in [1.165, 1.54) is 29.2 Å². The molecule has 0 bridgehead atoms. The normalized spacial score (nSPS) is 27.8. The van der Waals surface area contributed by atoms with Gasteiger partial charge in [-0.1, -0.05) is 26.8 Å². The predicted molar refractivity (Wildman–Crippen MR) is 101 cm³/mol. The second-order valence-electron chi connectivity index (χ2n) is 8.73. The van der Waals surface area contributed by atoms with E-state index in [2.05, 4.69) is 20.8 Å². The molecule has 1 saturated carbocycles. The lowest BCUT2D eigenvalue weighted by Crippen LogP contribution is -2.55. The van der Waals surface area contributed by atoms with Crippen molar-refractivity contribution in [1.29, 1.82) is 0 Å². The van der Waals surface area contributed by atoms with Gasteiger partial charge >= 0.3 is 5.97 Å². The van der Waals surface area contributed by atoms with Gasteiger partial charge in [-0.25, -0.2) is 4.79 Å². The molecule has 28 heavy (non-hydrogen) atoms. The molecule has 1 aromatic rings. The first kappa shape index (κ1) is 20.3. The zero-order chi connectivity index (χ0) is 20.7. The topological polar surface area (TPSA) is 110 Å². The van der Waals surface area contributed by atoms with E-state index in [0.29, 0.717) is 18.8 Å². The molecule has 1 unspecified atom stereocenters. The van der Waals surface area contributed by atoms with Crippen molar-refractivity contribution in [2.24, 2.45) is 11.3 Å². The number of ether oxygens (including phenoxy) is 1. The number of carbonyl (C=O) groups excluding carboxylic acids is 1. The van der Waals surface area contributed by atoms with Crippen molar-refractivity contribution >= 4 is 17.6 Å². The van der Waals surface area contributed by atoms with Crippen LogP contribution in [0.15, 0.2) is 24.3 Å². The van der Waals surface area contributed by atoms with E-state index >= 15 is 0 Å². The van der Waals surface area contributed by atoms with Gasteiger partial charge in [0.25, 0.3) is 11.6 Å². The molecule has 1 N–H and O–H groups in total. The molecule has 0 radical (unpaired) electrons. The minimum absolute atomic E-state index is 0.0732. The third kappa shape index (κ3) is 3.61. The molecule has 152 valence electrons. The third-order valence-corrected chi connectivity index (χ3v) is 6.06. The van der Waals surface area contributed by atoms with Gasteiger partial charge in [-0.2, -0.15) is 0 Å². The van der Waals surface area contributed by atoms with E-state index in [1.54, 1.807) is 0 Å². The number of nitro benzene ring substituents is 1. The van der Waals surface area contributed by atoms with Gasteiger partial charge < -0.3 is 9.84 Å². The standard InChI is InChI=1S/C20H26N2O6/c1-19(2,3)14-7-9-20(10-8-14)21(16(12-28-20)18(24)25)17(23)13-5-4-6-15(11-13)22(26)27/h4-6,11,14,16H,7-10,12H2,1-3H3,(H,24,25). The average molecular weight is 390 g/mol. The van der Waals surface area contributed by atoms with E-state index < -0.39 is 28.6 Å². The zero-order valence-electron chi connectivity index (χ0n) is 16.4. The highest BCUT2D eigenvalue weighted by atomic mass is 16.6. The Morgan fingerprint density at radius 2 is 1.93 bits per heavy atom. The molecule has 1 amide bonds. The van der Waals surface area contributed by atoms with Crippen molar-refractivity contribution in [3.63, 3.8) is 0 Å². The Morgan fingerprint density at radius 1 is 1.29 bits per heavy atom. The smallest absolute Gasteiger partial charge is 0.328 e. The second kappa shape index (κ2) is 7.16. The molecule has 1 spiro atoms. The van der Waals surface area contributed by atoms with Crippen LogP contribution in [0.4, 0.5) is 5.69 Å². The summed E-state index contributed by atoms with van der Waals surface area (Å²) >= 11 is 0. The molecule has 8 nitrogen and oxygen atoms in total. The fourth-order valence-electron chi connectivity index (χ4n) is 4.38. The number of carboxylic acids is 1. The van der Waals surface area contributed by atoms with E-state index in [-0.39, 0.29) is 23.3 Å². The van der Waals surface area contributed by atoms with Crippen LogP contribution in [-0.4, -0.2) is 45.2 Å². The average Bonchev–Trinajstić information content (AvgIpc) is 2.99. The zero-order valence-corrected chi connectivity index (χ0v) is 16.4. The number of hydrogen-bond donors (Lipinski definition) is 1. The highest BCUT2D eigenvalue weighted by Gasteiger charge is 2.54. The number of amides is 1. The Kier molecular flexibility index (Phi) is 5.18. The summed E-state index contributed by atoms with van der Waals surface area (Å²) in [5.41, 5.74) is -0.944. The first-order valence-corrected chi connectivity index (χ1v) is 9.50. The van der Waals surface area contributed by atoms with Gasteiger partial charge in [0, 0.05) is 17.7 Å². The minimum Gasteiger partial charge on any atom is -0.480 e. The van der Waals surface area contributed by atoms with Crippen LogP contribution in [-0.2, 0) is 9.53 Å². The highest BCUT2D eigenvalue weighted by Crippen LogP contribution is 2.47. The third-order valence-electron chi connectivity index (χ3n) is 6.06. The monoisotopic (exact) mass is 390 g/mol. The number of carbonyl (C=O) groups is 2. The summed E-state index contributed by atoms with van der Waals surface area (Å²) in [7, 11) is 0. The van der Waals surface area contributed by atoms with Gasteiger partial charge in [-0.05, 0) is 43.1 Å². The first-order valence-electron chi connectivity index (χ1n) is 9.50. The number of nitro groups is 1. The van der Waals surface area contributed by atoms with Crippen LogP contribution >= 0.6 is 0 Å². The molecule has 0 aromatic heterocycles. The van der Waals surface area contributed by atoms with Crippen LogP contribution in [0.25, 0.3) is 0 Å². The SMILES string of the molecule is CC(C)(C)C1CCC2(CC1)OCC(C(=O)O)N2C(=O)c1cccc([N+](=O)[O-])c1. The van der Waals surface area contributed by atoms with E-state index in [4.69, 9.17) is 4.74 Å². The Morgan fingerprint density at radius 3 is 2.46 bits per heavy atom. The summed E-state index contributed by atoms with van der Waals surface area (Å²) in [6.45, 7) is 6.46. The molecule has 1 aliphatic heterocycles. The van der Waals surface area contributed by atoms with Gasteiger partial charge in [0.15, 0.2) is 6.04 Å². The summed E-state index contributed by atoms with van der Waals surface area (Å²) < 4.78 is 5.94. The maximum absolute atomic E-state index is 13.2. The number of benzene rings is 1. The quantitative estimate of drug-likeness (QED) is 0.625. The maximum atomic E-state index is 13.2. The van der Waals surface area contributed by atoms with Gasteiger partial charge in [0.1, 0.15) is 5.72 Å². The molecule has 3 rings (SSSR count). The number of rotatable bonds is 3. The Balaban J connectivity index is 1.92. The molecule has 1 aliphatic carbocycles. The lowest BCUT2D eigenvalue weighted by molar-refractivity contribution is -0.384. The molecule has 1 aromatic carbocycles. The number of aliphatic carboxylic acids is 1. The first-order chi connectivity index (χ1) is 13.0. The molecular weight excluding hydrogens is 364 g/mol. The summed E-state index contributed by atoms with van der Waals surface area (Å²) in [5, 5.41) is 20.7. The van der Waals surface area contributed by atoms with Crippen molar-refractivity contribution in [3.05, 3.63) is 39.9 Å². The van der Waals surface area contributed by atoms with Crippen molar-refractivity contribution in [1.82, 2.24) is 4.90 Å². The fraction of sp³-hybridized carbons (Fsp3) is 0.600. The molecule has 1 saturated heterocycles. The summed E-state index contributed by atoms with van der Waals surface area (Å²) in [6, 6.07) is 4.30. The lowest BCUT2D eigenvalue weighted by Gasteiger charge is -2.46. The van der Waals surface area contributed by atoms with Crippen LogP contribution < -0.4 is 0 Å². The molecule has 2 aliphatic rings. The Labute approximate surface area is 163 Å². The molecule has 1 atom stereocenters. The largest absolute Gasteiger partial charge is 0.480 e. The van der Waals surface area contributed by atoms with Crippen molar-refractivity contribution in [2.75, 3.05) is 6.61 Å². The lowest BCUT2D eigenvalue weighted by atomic mass is 9.70. The number of nitrogens with zero attached hydrogens (tertiary/aromatic N) is 2. The van der Waals surface area contributed by atoms with Crippen LogP contribution in [0.5, 0.6) is 0 Å². The molecule has 2 fully saturated rings. The summed E-state index contributed by atoms with van der Waals surface area (Å²) in [5.74, 6) is -1.21. The van der Waals surface area contributed by atoms with Crippen molar-refractivity contribution < 1.29 is 24.4 Å². The van der Waals surface area contributed by atoms with Gasteiger partial charge in [0.05, 0.1) is 11.5 Å². The van der Waals surface area contributed by atoms with E-state index in [9.17, 15) is 24.8 Å². The Hall–Kier alpha value is -2.48. The van der Waals surface area contributed by atoms with Crippen LogP contribution in [0.1, 0.15) is 56.8 Å². The minimum atomic E-state index is -1.13. The van der Waals surface area contributed by atoms with Crippen molar-refractivity contribution in [2.45, 2.75) is 58.2 Å². The second-order valence-corrected chi connectivity index (χ2v) is 8.73. The van der Waals surface area contributed by atoms with Crippen LogP contribution in [0.2, 0.25) is 0 Å². The van der Waals surface area contributed by atoms with Gasteiger partial charge in [-0.3, -0.25) is 19.8 Å². The summed E-state index contributed by atoms with van der Waals surface area (Å²) in [6.07, 6.45) is 2.77. The number of non-ortho nitro benzene ring substituents is 1. The fourth-order valence-corrected chi connectivity index (χ4v) is 4.38. The van der Waals surface area contributed by atoms with Crippen LogP contribution in [0.3, 0.4) is 0 Å². The maximum Gasteiger partial charge on any atom is 0.328 e. The Bertz CT molecular complexity index is 792. The molecule has 8 heteroatoms. The number of hydrogen-bond acceptors (Lipinski definition) is 5. The number of carboxylic acid groups (broad SMARTS) is 1. The van der Waals surface area contributed by atoms with Crippen molar-refractivity contribution in [3.8, 4) is 0 Å². The van der Waals surface area contributed by atoms with E-state index in [0.717, 1.165) is 12.8 Å². The van der Waals surface area contributed by atoms with Crippen LogP contribution in [0, 0.1) is 21.4 Å². The van der Waals surface area contributed by atoms with Gasteiger partial charge in [-0.15, -0.1) is 0 Å². The molecular formula is C20H26N2O6. The molecule has 1 heterocycles. The van der Waals surface area contributed by atoms with E-state index in [1.807, 2.05) is 0 Å². The van der Waals surface area contributed by atoms with Gasteiger partial charge in [0.2, 0.25) is 0 Å².